The molecule has 1 aromatic rings. The van der Waals surface area contributed by atoms with E-state index in [0.717, 1.165) is 40.9 Å². The van der Waals surface area contributed by atoms with Gasteiger partial charge in [-0.05, 0) is 40.6 Å². The highest BCUT2D eigenvalue weighted by Gasteiger charge is 2.20. The molecular formula is C14H20BrNOS. The van der Waals surface area contributed by atoms with Crippen molar-refractivity contribution in [2.75, 3.05) is 18.1 Å². The zero-order valence-electron chi connectivity index (χ0n) is 10.7. The van der Waals surface area contributed by atoms with Crippen LogP contribution in [0.15, 0.2) is 22.7 Å². The molecule has 1 N–H and O–H groups in total. The van der Waals surface area contributed by atoms with E-state index in [2.05, 4.69) is 40.3 Å². The van der Waals surface area contributed by atoms with Crippen LogP contribution in [-0.2, 0) is 6.54 Å². The lowest BCUT2D eigenvalue weighted by Gasteiger charge is -2.13. The third-order valence-corrected chi connectivity index (χ3v) is 4.37. The van der Waals surface area contributed by atoms with Gasteiger partial charge in [0.05, 0.1) is 11.1 Å². The van der Waals surface area contributed by atoms with E-state index >= 15 is 0 Å². The van der Waals surface area contributed by atoms with Crippen molar-refractivity contribution in [1.82, 2.24) is 5.32 Å². The van der Waals surface area contributed by atoms with E-state index in [1.807, 2.05) is 17.8 Å². The predicted molar refractivity (Wildman–Crippen MR) is 82.5 cm³/mol. The van der Waals surface area contributed by atoms with E-state index in [9.17, 15) is 0 Å². The van der Waals surface area contributed by atoms with Crippen LogP contribution in [0.4, 0.5) is 0 Å². The van der Waals surface area contributed by atoms with E-state index in [0.29, 0.717) is 0 Å². The Hall–Kier alpha value is -0.190. The molecule has 0 saturated heterocycles. The first-order valence-corrected chi connectivity index (χ1v) is 8.47. The van der Waals surface area contributed by atoms with E-state index < -0.39 is 0 Å². The largest absolute Gasteiger partial charge is 0.491 e. The zero-order chi connectivity index (χ0) is 12.8. The Bertz CT molecular complexity index is 382. The number of rotatable bonds is 8. The molecule has 1 fully saturated rings. The molecule has 0 amide bonds. The number of thioether (sulfide) groups is 1. The van der Waals surface area contributed by atoms with Gasteiger partial charge in [-0.15, -0.1) is 0 Å². The van der Waals surface area contributed by atoms with Crippen molar-refractivity contribution < 1.29 is 4.74 Å². The number of ether oxygens (including phenoxy) is 1. The molecule has 0 bridgehead atoms. The number of nitrogens with one attached hydrogen (secondary N) is 1. The molecular weight excluding hydrogens is 310 g/mol. The molecule has 2 nitrogen and oxygen atoms in total. The maximum absolute atomic E-state index is 5.91. The second kappa shape index (κ2) is 7.41. The summed E-state index contributed by atoms with van der Waals surface area (Å²) in [6.07, 6.45) is 2.63. The number of halogens is 1. The van der Waals surface area contributed by atoms with Crippen LogP contribution in [0.3, 0.4) is 0 Å². The summed E-state index contributed by atoms with van der Waals surface area (Å²) in [5, 5.41) is 3.54. The first-order chi connectivity index (χ1) is 8.81. The highest BCUT2D eigenvalue weighted by Crippen LogP contribution is 2.30. The van der Waals surface area contributed by atoms with Crippen LogP contribution >= 0.6 is 27.7 Å². The first kappa shape index (κ1) is 14.2. The second-order valence-electron chi connectivity index (χ2n) is 4.43. The fourth-order valence-corrected chi connectivity index (χ4v) is 2.75. The van der Waals surface area contributed by atoms with E-state index in [-0.39, 0.29) is 0 Å². The molecule has 2 rings (SSSR count). The van der Waals surface area contributed by atoms with Crippen molar-refractivity contribution in [3.05, 3.63) is 28.2 Å². The Balaban J connectivity index is 1.91. The molecule has 1 aromatic carbocycles. The van der Waals surface area contributed by atoms with Crippen LogP contribution in [0, 0.1) is 0 Å². The zero-order valence-corrected chi connectivity index (χ0v) is 13.1. The van der Waals surface area contributed by atoms with Crippen molar-refractivity contribution in [2.24, 2.45) is 0 Å². The molecule has 0 aromatic heterocycles. The van der Waals surface area contributed by atoms with Crippen molar-refractivity contribution >= 4 is 27.7 Å². The topological polar surface area (TPSA) is 21.3 Å². The van der Waals surface area contributed by atoms with Crippen LogP contribution in [-0.4, -0.2) is 24.2 Å². The molecule has 1 saturated carbocycles. The van der Waals surface area contributed by atoms with Gasteiger partial charge in [0.25, 0.3) is 0 Å². The summed E-state index contributed by atoms with van der Waals surface area (Å²) in [5.74, 6) is 3.20. The molecule has 0 unspecified atom stereocenters. The minimum Gasteiger partial charge on any atom is -0.491 e. The van der Waals surface area contributed by atoms with Crippen LogP contribution < -0.4 is 10.1 Å². The SMILES string of the molecule is CCSCCOc1c(Br)cccc1CNC1CC1. The Morgan fingerprint density at radius 2 is 2.28 bits per heavy atom. The van der Waals surface area contributed by atoms with Gasteiger partial charge in [-0.3, -0.25) is 0 Å². The normalized spacial score (nSPS) is 14.8. The molecule has 0 heterocycles. The monoisotopic (exact) mass is 329 g/mol. The molecule has 4 heteroatoms. The number of hydrogen-bond donors (Lipinski definition) is 1. The Kier molecular flexibility index (Phi) is 5.86. The van der Waals surface area contributed by atoms with Crippen molar-refractivity contribution in [3.63, 3.8) is 0 Å². The average molecular weight is 330 g/mol. The van der Waals surface area contributed by atoms with E-state index in [1.165, 1.54) is 18.4 Å². The molecule has 0 aliphatic heterocycles. The first-order valence-electron chi connectivity index (χ1n) is 6.52. The van der Waals surface area contributed by atoms with Crippen molar-refractivity contribution in [2.45, 2.75) is 32.4 Å². The summed E-state index contributed by atoms with van der Waals surface area (Å²) in [5.41, 5.74) is 1.25. The quantitative estimate of drug-likeness (QED) is 0.732. The van der Waals surface area contributed by atoms with Crippen LogP contribution in [0.5, 0.6) is 5.75 Å². The van der Waals surface area contributed by atoms with Crippen LogP contribution in [0.25, 0.3) is 0 Å². The Labute approximate surface area is 122 Å². The average Bonchev–Trinajstić information content (AvgIpc) is 3.18. The minimum absolute atomic E-state index is 0.729. The fourth-order valence-electron chi connectivity index (χ4n) is 1.74. The smallest absolute Gasteiger partial charge is 0.137 e. The summed E-state index contributed by atoms with van der Waals surface area (Å²) in [6, 6.07) is 6.99. The third-order valence-electron chi connectivity index (χ3n) is 2.89. The number of hydrogen-bond acceptors (Lipinski definition) is 3. The molecule has 100 valence electrons. The Morgan fingerprint density at radius 1 is 1.44 bits per heavy atom. The van der Waals surface area contributed by atoms with Crippen LogP contribution in [0.2, 0.25) is 0 Å². The summed E-state index contributed by atoms with van der Waals surface area (Å²) < 4.78 is 6.97. The van der Waals surface area contributed by atoms with Gasteiger partial charge in [0.1, 0.15) is 5.75 Å². The van der Waals surface area contributed by atoms with Gasteiger partial charge < -0.3 is 10.1 Å². The van der Waals surface area contributed by atoms with Gasteiger partial charge in [0, 0.05) is 23.9 Å². The van der Waals surface area contributed by atoms with Gasteiger partial charge in [-0.1, -0.05) is 19.1 Å². The van der Waals surface area contributed by atoms with Crippen molar-refractivity contribution in [3.8, 4) is 5.75 Å². The molecule has 1 aliphatic rings. The van der Waals surface area contributed by atoms with Crippen molar-refractivity contribution in [1.29, 1.82) is 0 Å². The van der Waals surface area contributed by atoms with Gasteiger partial charge >= 0.3 is 0 Å². The molecule has 18 heavy (non-hydrogen) atoms. The van der Waals surface area contributed by atoms with Crippen LogP contribution in [0.1, 0.15) is 25.3 Å². The van der Waals surface area contributed by atoms with Gasteiger partial charge in [0.15, 0.2) is 0 Å². The predicted octanol–water partition coefficient (Wildman–Crippen LogP) is 3.83. The maximum Gasteiger partial charge on any atom is 0.137 e. The van der Waals surface area contributed by atoms with Gasteiger partial charge in [0.2, 0.25) is 0 Å². The maximum atomic E-state index is 5.91. The summed E-state index contributed by atoms with van der Waals surface area (Å²) >= 11 is 5.49. The number of para-hydroxylation sites is 1. The molecule has 1 aliphatic carbocycles. The number of benzene rings is 1. The standard InChI is InChI=1S/C14H20BrNOS/c1-2-18-9-8-17-14-11(4-3-5-13(14)15)10-16-12-6-7-12/h3-5,12,16H,2,6-10H2,1H3. The summed E-state index contributed by atoms with van der Waals surface area (Å²) in [4.78, 5) is 0. The van der Waals surface area contributed by atoms with Gasteiger partial charge in [-0.25, -0.2) is 0 Å². The lowest BCUT2D eigenvalue weighted by Crippen LogP contribution is -2.16. The van der Waals surface area contributed by atoms with E-state index in [1.54, 1.807) is 0 Å². The summed E-state index contributed by atoms with van der Waals surface area (Å²) in [6.45, 7) is 3.85. The van der Waals surface area contributed by atoms with E-state index in [4.69, 9.17) is 4.74 Å². The molecule has 0 atom stereocenters. The highest BCUT2D eigenvalue weighted by molar-refractivity contribution is 9.10. The lowest BCUT2D eigenvalue weighted by atomic mass is 10.2. The summed E-state index contributed by atoms with van der Waals surface area (Å²) in [7, 11) is 0. The third kappa shape index (κ3) is 4.48. The highest BCUT2D eigenvalue weighted by atomic mass is 79.9. The Morgan fingerprint density at radius 3 is 3.00 bits per heavy atom. The fraction of sp³-hybridized carbons (Fsp3) is 0.571. The molecule has 0 radical (unpaired) electrons. The second-order valence-corrected chi connectivity index (χ2v) is 6.68. The minimum atomic E-state index is 0.729. The van der Waals surface area contributed by atoms with Gasteiger partial charge in [-0.2, -0.15) is 11.8 Å². The molecule has 0 spiro atoms. The lowest BCUT2D eigenvalue weighted by molar-refractivity contribution is 0.337.